The molecule has 0 spiro atoms. The molecule has 6 heteroatoms. The number of hydrogen-bond acceptors (Lipinski definition) is 3. The Morgan fingerprint density at radius 2 is 1.92 bits per heavy atom. The maximum Gasteiger partial charge on any atom is 0.239 e. The van der Waals surface area contributed by atoms with Gasteiger partial charge in [-0.1, -0.05) is 18.2 Å². The van der Waals surface area contributed by atoms with Crippen LogP contribution in [0.5, 0.6) is 0 Å². The highest BCUT2D eigenvalue weighted by Crippen LogP contribution is 2.17. The zero-order valence-electron chi connectivity index (χ0n) is 14.7. The maximum absolute atomic E-state index is 12.2. The smallest absolute Gasteiger partial charge is 0.239 e. The molecule has 0 aliphatic heterocycles. The molecule has 0 saturated carbocycles. The van der Waals surface area contributed by atoms with Crippen LogP contribution < -0.4 is 5.32 Å². The van der Waals surface area contributed by atoms with Gasteiger partial charge in [0.2, 0.25) is 11.8 Å². The highest BCUT2D eigenvalue weighted by molar-refractivity contribution is 5.84. The third kappa shape index (κ3) is 4.47. The molecular weight excluding hydrogens is 328 g/mol. The van der Waals surface area contributed by atoms with Gasteiger partial charge in [0.05, 0.1) is 6.54 Å². The topological polar surface area (TPSA) is 78.1 Å². The number of rotatable bonds is 7. The van der Waals surface area contributed by atoms with Gasteiger partial charge in [-0.2, -0.15) is 0 Å². The van der Waals surface area contributed by atoms with E-state index in [4.69, 9.17) is 0 Å². The van der Waals surface area contributed by atoms with Crippen molar-refractivity contribution in [3.05, 3.63) is 66.1 Å². The van der Waals surface area contributed by atoms with Gasteiger partial charge in [0.25, 0.3) is 0 Å². The number of carbonyl (C=O) groups excluding carboxylic acids is 2. The fraction of sp³-hybridized carbons (Fsp3) is 0.250. The van der Waals surface area contributed by atoms with Crippen LogP contribution in [0.1, 0.15) is 18.1 Å². The van der Waals surface area contributed by atoms with Crippen LogP contribution in [0.15, 0.2) is 55.0 Å². The lowest BCUT2D eigenvalue weighted by atomic mass is 10.1. The molecule has 0 saturated heterocycles. The fourth-order valence-corrected chi connectivity index (χ4v) is 2.89. The molecule has 2 aromatic heterocycles. The van der Waals surface area contributed by atoms with E-state index < -0.39 is 0 Å². The van der Waals surface area contributed by atoms with Crippen LogP contribution in [0.25, 0.3) is 10.9 Å². The Bertz CT molecular complexity index is 889. The highest BCUT2D eigenvalue weighted by atomic mass is 16.2. The number of H-pyrrole nitrogens is 1. The number of fused-ring (bicyclic) bond motifs is 1. The first-order valence-corrected chi connectivity index (χ1v) is 8.59. The van der Waals surface area contributed by atoms with E-state index in [0.717, 1.165) is 17.5 Å². The van der Waals surface area contributed by atoms with E-state index in [9.17, 15) is 9.59 Å². The molecule has 0 unspecified atom stereocenters. The Hall–Kier alpha value is -3.15. The Kier molecular flexibility index (Phi) is 5.63. The van der Waals surface area contributed by atoms with E-state index in [1.54, 1.807) is 12.4 Å². The van der Waals surface area contributed by atoms with E-state index in [0.29, 0.717) is 13.1 Å². The van der Waals surface area contributed by atoms with Crippen LogP contribution in [0.3, 0.4) is 0 Å². The number of nitrogens with one attached hydrogen (secondary N) is 2. The van der Waals surface area contributed by atoms with Crippen molar-refractivity contribution in [1.82, 2.24) is 20.2 Å². The number of benzene rings is 1. The first kappa shape index (κ1) is 17.7. The van der Waals surface area contributed by atoms with Gasteiger partial charge >= 0.3 is 0 Å². The number of hydrogen-bond donors (Lipinski definition) is 2. The Labute approximate surface area is 152 Å². The van der Waals surface area contributed by atoms with Crippen LogP contribution in [-0.4, -0.2) is 39.8 Å². The molecule has 1 aromatic carbocycles. The van der Waals surface area contributed by atoms with Crippen LogP contribution in [0.2, 0.25) is 0 Å². The van der Waals surface area contributed by atoms with Crippen molar-refractivity contribution in [1.29, 1.82) is 0 Å². The SMILES string of the molecule is CC(=O)N(CC(=O)NCCc1c[nH]c2ccccc12)Cc1ccncc1. The van der Waals surface area contributed by atoms with E-state index in [2.05, 4.69) is 21.4 Å². The van der Waals surface area contributed by atoms with E-state index in [1.165, 1.54) is 22.8 Å². The number of aromatic amines is 1. The first-order valence-electron chi connectivity index (χ1n) is 8.59. The molecule has 3 rings (SSSR count). The summed E-state index contributed by atoms with van der Waals surface area (Å²) in [6, 6.07) is 11.8. The van der Waals surface area contributed by atoms with Crippen LogP contribution in [0, 0.1) is 0 Å². The molecule has 2 N–H and O–H groups in total. The van der Waals surface area contributed by atoms with Crippen molar-refractivity contribution in [2.45, 2.75) is 19.9 Å². The third-order valence-electron chi connectivity index (χ3n) is 4.29. The standard InChI is InChI=1S/C20H22N4O2/c1-15(25)24(13-16-6-9-21-10-7-16)14-20(26)22-11-8-17-12-23-19-5-3-2-4-18(17)19/h2-7,9-10,12,23H,8,11,13-14H2,1H3,(H,22,26). The minimum Gasteiger partial charge on any atom is -0.361 e. The first-order chi connectivity index (χ1) is 12.6. The maximum atomic E-state index is 12.2. The molecule has 2 amide bonds. The number of pyridine rings is 1. The van der Waals surface area contributed by atoms with Gasteiger partial charge in [0.1, 0.15) is 0 Å². The monoisotopic (exact) mass is 350 g/mol. The van der Waals surface area contributed by atoms with E-state index >= 15 is 0 Å². The molecule has 0 bridgehead atoms. The lowest BCUT2D eigenvalue weighted by Gasteiger charge is -2.20. The molecule has 2 heterocycles. The van der Waals surface area contributed by atoms with Crippen LogP contribution >= 0.6 is 0 Å². The van der Waals surface area contributed by atoms with Gasteiger partial charge in [-0.15, -0.1) is 0 Å². The largest absolute Gasteiger partial charge is 0.361 e. The lowest BCUT2D eigenvalue weighted by molar-refractivity contribution is -0.134. The number of para-hydroxylation sites is 1. The van der Waals surface area contributed by atoms with Crippen LogP contribution in [-0.2, 0) is 22.6 Å². The average molecular weight is 350 g/mol. The van der Waals surface area contributed by atoms with Gasteiger partial charge in [-0.3, -0.25) is 14.6 Å². The second kappa shape index (κ2) is 8.29. The molecular formula is C20H22N4O2. The summed E-state index contributed by atoms with van der Waals surface area (Å²) in [5, 5.41) is 4.07. The molecule has 0 fully saturated rings. The van der Waals surface area contributed by atoms with E-state index in [1.807, 2.05) is 36.5 Å². The fourth-order valence-electron chi connectivity index (χ4n) is 2.89. The van der Waals surface area contributed by atoms with Gasteiger partial charge in [-0.05, 0) is 35.7 Å². The zero-order valence-corrected chi connectivity index (χ0v) is 14.7. The summed E-state index contributed by atoms with van der Waals surface area (Å²) in [6.07, 6.45) is 6.06. The lowest BCUT2D eigenvalue weighted by Crippen LogP contribution is -2.39. The second-order valence-corrected chi connectivity index (χ2v) is 6.19. The molecule has 134 valence electrons. The summed E-state index contributed by atoms with van der Waals surface area (Å²) in [4.78, 5) is 32.7. The van der Waals surface area contributed by atoms with Crippen molar-refractivity contribution < 1.29 is 9.59 Å². The summed E-state index contributed by atoms with van der Waals surface area (Å²) < 4.78 is 0. The quantitative estimate of drug-likeness (QED) is 0.686. The summed E-state index contributed by atoms with van der Waals surface area (Å²) in [7, 11) is 0. The Morgan fingerprint density at radius 1 is 1.15 bits per heavy atom. The number of nitrogens with zero attached hydrogens (tertiary/aromatic N) is 2. The third-order valence-corrected chi connectivity index (χ3v) is 4.29. The minimum atomic E-state index is -0.158. The molecule has 3 aromatic rings. The number of aromatic nitrogens is 2. The van der Waals surface area contributed by atoms with Gasteiger partial charge in [-0.25, -0.2) is 0 Å². The molecule has 0 aliphatic rings. The number of amides is 2. The number of carbonyl (C=O) groups is 2. The zero-order chi connectivity index (χ0) is 18.4. The van der Waals surface area contributed by atoms with Gasteiger partial charge in [0.15, 0.2) is 0 Å². The molecule has 0 aliphatic carbocycles. The summed E-state index contributed by atoms with van der Waals surface area (Å²) in [6.45, 7) is 2.45. The van der Waals surface area contributed by atoms with Gasteiger partial charge < -0.3 is 15.2 Å². The minimum absolute atomic E-state index is 0.0472. The molecule has 0 atom stereocenters. The summed E-state index contributed by atoms with van der Waals surface area (Å²) in [5.74, 6) is -0.289. The summed E-state index contributed by atoms with van der Waals surface area (Å²) in [5.41, 5.74) is 3.21. The van der Waals surface area contributed by atoms with E-state index in [-0.39, 0.29) is 18.4 Å². The van der Waals surface area contributed by atoms with Crippen molar-refractivity contribution >= 4 is 22.7 Å². The predicted octanol–water partition coefficient (Wildman–Crippen LogP) is 2.27. The highest BCUT2D eigenvalue weighted by Gasteiger charge is 2.14. The molecule has 26 heavy (non-hydrogen) atoms. The molecule has 0 radical (unpaired) electrons. The second-order valence-electron chi connectivity index (χ2n) is 6.19. The Morgan fingerprint density at radius 3 is 2.69 bits per heavy atom. The van der Waals surface area contributed by atoms with Crippen LogP contribution in [0.4, 0.5) is 0 Å². The summed E-state index contributed by atoms with van der Waals surface area (Å²) >= 11 is 0. The normalized spacial score (nSPS) is 10.7. The molecule has 6 nitrogen and oxygen atoms in total. The average Bonchev–Trinajstić information content (AvgIpc) is 3.05. The van der Waals surface area contributed by atoms with Gasteiger partial charge in [0, 0.05) is 49.5 Å². The predicted molar refractivity (Wildman–Crippen MR) is 100 cm³/mol. The Balaban J connectivity index is 1.51. The van der Waals surface area contributed by atoms with Crippen molar-refractivity contribution in [2.24, 2.45) is 0 Å². The van der Waals surface area contributed by atoms with Crippen molar-refractivity contribution in [3.63, 3.8) is 0 Å². The van der Waals surface area contributed by atoms with Crippen molar-refractivity contribution in [3.8, 4) is 0 Å². The van der Waals surface area contributed by atoms with Crippen molar-refractivity contribution in [2.75, 3.05) is 13.1 Å².